The Morgan fingerprint density at radius 2 is 1.90 bits per heavy atom. The molecule has 2 N–H and O–H groups in total. The van der Waals surface area contributed by atoms with Crippen LogP contribution in [0.4, 0.5) is 11.4 Å². The topological polar surface area (TPSA) is 118 Å². The number of imide groups is 1. The van der Waals surface area contributed by atoms with E-state index >= 15 is 0 Å². The van der Waals surface area contributed by atoms with Crippen molar-refractivity contribution in [1.82, 2.24) is 0 Å². The first kappa shape index (κ1) is 19.8. The minimum Gasteiger partial charge on any atom is -0.478 e. The number of amides is 2. The highest BCUT2D eigenvalue weighted by Gasteiger charge is 2.40. The molecule has 2 aromatic carbocycles. The van der Waals surface area contributed by atoms with E-state index in [-0.39, 0.29) is 30.6 Å². The molecule has 10 heteroatoms. The number of carboxylic acid groups (broad SMARTS) is 1. The van der Waals surface area contributed by atoms with Gasteiger partial charge < -0.3 is 19.9 Å². The number of thioether (sulfide) groups is 1. The minimum atomic E-state index is -1.08. The molecule has 0 saturated carbocycles. The molecule has 154 valence electrons. The van der Waals surface area contributed by atoms with E-state index in [1.165, 1.54) is 24.3 Å². The SMILES string of the molecule is CN=C(Nc1ccc2c(c1)OCO2)S[C@H]1CC(=O)N(c2ccc(C(=O)O)cc2)C1=O. The lowest BCUT2D eigenvalue weighted by Gasteiger charge is -2.16. The predicted molar refractivity (Wildman–Crippen MR) is 111 cm³/mol. The molecule has 0 aliphatic carbocycles. The monoisotopic (exact) mass is 427 g/mol. The number of amidine groups is 1. The molecule has 0 spiro atoms. The van der Waals surface area contributed by atoms with E-state index in [1.54, 1.807) is 25.2 Å². The first-order chi connectivity index (χ1) is 14.5. The van der Waals surface area contributed by atoms with Gasteiger partial charge in [-0.25, -0.2) is 9.69 Å². The average molecular weight is 427 g/mol. The summed E-state index contributed by atoms with van der Waals surface area (Å²) in [5.74, 6) is -0.527. The maximum atomic E-state index is 12.8. The number of nitrogens with zero attached hydrogens (tertiary/aromatic N) is 2. The number of ether oxygens (including phenoxy) is 2. The molecular formula is C20H17N3O6S. The molecule has 2 aliphatic heterocycles. The summed E-state index contributed by atoms with van der Waals surface area (Å²) in [5.41, 5.74) is 1.14. The Morgan fingerprint density at radius 3 is 2.60 bits per heavy atom. The van der Waals surface area contributed by atoms with Crippen LogP contribution in [0.25, 0.3) is 0 Å². The zero-order valence-electron chi connectivity index (χ0n) is 15.8. The molecule has 2 amide bonds. The number of aliphatic imine (C=N–C) groups is 1. The number of carboxylic acids is 1. The standard InChI is InChI=1S/C20H17N3O6S/c1-21-20(22-12-4-7-14-15(8-12)29-10-28-14)30-16-9-17(24)23(18(16)25)13-5-2-11(3-6-13)19(26)27/h2-8,16H,9-10H2,1H3,(H,21,22)(H,26,27)/t16-/m0/s1. The lowest BCUT2D eigenvalue weighted by atomic mass is 10.2. The zero-order chi connectivity index (χ0) is 21.3. The fourth-order valence-electron chi connectivity index (χ4n) is 3.09. The Hall–Kier alpha value is -3.53. The van der Waals surface area contributed by atoms with Crippen molar-refractivity contribution >= 4 is 46.1 Å². The maximum Gasteiger partial charge on any atom is 0.335 e. The van der Waals surface area contributed by atoms with Gasteiger partial charge in [0.15, 0.2) is 16.7 Å². The van der Waals surface area contributed by atoms with Crippen molar-refractivity contribution in [3.63, 3.8) is 0 Å². The van der Waals surface area contributed by atoms with E-state index in [0.717, 1.165) is 16.7 Å². The highest BCUT2D eigenvalue weighted by Crippen LogP contribution is 2.35. The number of hydrogen-bond donors (Lipinski definition) is 2. The fourth-order valence-corrected chi connectivity index (χ4v) is 4.07. The molecule has 0 unspecified atom stereocenters. The van der Waals surface area contributed by atoms with Crippen molar-refractivity contribution in [1.29, 1.82) is 0 Å². The number of aromatic carboxylic acids is 1. The Kier molecular flexibility index (Phi) is 5.32. The maximum absolute atomic E-state index is 12.8. The second-order valence-electron chi connectivity index (χ2n) is 6.45. The summed E-state index contributed by atoms with van der Waals surface area (Å²) >= 11 is 1.16. The smallest absolute Gasteiger partial charge is 0.335 e. The number of carbonyl (C=O) groups is 3. The van der Waals surface area contributed by atoms with Crippen LogP contribution in [-0.4, -0.2) is 47.1 Å². The van der Waals surface area contributed by atoms with E-state index in [1.807, 2.05) is 0 Å². The largest absolute Gasteiger partial charge is 0.478 e. The van der Waals surface area contributed by atoms with Crippen molar-refractivity contribution in [2.45, 2.75) is 11.7 Å². The van der Waals surface area contributed by atoms with E-state index in [9.17, 15) is 14.4 Å². The van der Waals surface area contributed by atoms with Crippen LogP contribution in [0.3, 0.4) is 0 Å². The van der Waals surface area contributed by atoms with Crippen molar-refractivity contribution in [3.8, 4) is 11.5 Å². The van der Waals surface area contributed by atoms with E-state index in [4.69, 9.17) is 14.6 Å². The van der Waals surface area contributed by atoms with Crippen LogP contribution in [0.15, 0.2) is 47.5 Å². The number of anilines is 2. The number of fused-ring (bicyclic) bond motifs is 1. The van der Waals surface area contributed by atoms with Crippen LogP contribution >= 0.6 is 11.8 Å². The molecule has 0 bridgehead atoms. The van der Waals surface area contributed by atoms with Gasteiger partial charge in [-0.05, 0) is 36.4 Å². The molecule has 1 fully saturated rings. The van der Waals surface area contributed by atoms with Gasteiger partial charge in [0.1, 0.15) is 5.25 Å². The molecule has 2 heterocycles. The van der Waals surface area contributed by atoms with Crippen LogP contribution < -0.4 is 19.7 Å². The quantitative estimate of drug-likeness (QED) is 0.434. The van der Waals surface area contributed by atoms with Crippen LogP contribution in [0.5, 0.6) is 11.5 Å². The zero-order valence-corrected chi connectivity index (χ0v) is 16.6. The third-order valence-corrected chi connectivity index (χ3v) is 5.72. The Bertz CT molecular complexity index is 1050. The summed E-state index contributed by atoms with van der Waals surface area (Å²) in [6.45, 7) is 0.171. The van der Waals surface area contributed by atoms with Crippen LogP contribution in [0.2, 0.25) is 0 Å². The van der Waals surface area contributed by atoms with Crippen molar-refractivity contribution in [3.05, 3.63) is 48.0 Å². The Balaban J connectivity index is 1.45. The summed E-state index contributed by atoms with van der Waals surface area (Å²) in [5, 5.41) is 12.0. The van der Waals surface area contributed by atoms with Crippen molar-refractivity contribution in [2.75, 3.05) is 24.1 Å². The minimum absolute atomic E-state index is 0.0199. The van der Waals surface area contributed by atoms with Gasteiger partial charge in [0.2, 0.25) is 18.6 Å². The van der Waals surface area contributed by atoms with Crippen LogP contribution in [-0.2, 0) is 9.59 Å². The van der Waals surface area contributed by atoms with Gasteiger partial charge in [-0.2, -0.15) is 0 Å². The second-order valence-corrected chi connectivity index (χ2v) is 7.64. The molecule has 1 saturated heterocycles. The molecule has 9 nitrogen and oxygen atoms in total. The van der Waals surface area contributed by atoms with Gasteiger partial charge in [-0.1, -0.05) is 11.8 Å². The molecule has 0 aromatic heterocycles. The van der Waals surface area contributed by atoms with Gasteiger partial charge in [0, 0.05) is 25.2 Å². The van der Waals surface area contributed by atoms with Gasteiger partial charge in [-0.3, -0.25) is 14.6 Å². The fraction of sp³-hybridized carbons (Fsp3) is 0.200. The first-order valence-corrected chi connectivity index (χ1v) is 9.84. The molecule has 1 atom stereocenters. The number of nitrogens with one attached hydrogen (secondary N) is 1. The molecule has 30 heavy (non-hydrogen) atoms. The van der Waals surface area contributed by atoms with Gasteiger partial charge in [0.25, 0.3) is 0 Å². The third kappa shape index (κ3) is 3.81. The Morgan fingerprint density at radius 1 is 1.17 bits per heavy atom. The number of hydrogen-bond acceptors (Lipinski definition) is 7. The summed E-state index contributed by atoms with van der Waals surface area (Å²) in [4.78, 5) is 41.5. The molecular weight excluding hydrogens is 410 g/mol. The molecule has 2 aromatic rings. The van der Waals surface area contributed by atoms with Gasteiger partial charge in [-0.15, -0.1) is 0 Å². The van der Waals surface area contributed by atoms with E-state index in [2.05, 4.69) is 10.3 Å². The number of rotatable bonds is 4. The van der Waals surface area contributed by atoms with Gasteiger partial charge >= 0.3 is 5.97 Å². The highest BCUT2D eigenvalue weighted by molar-refractivity contribution is 8.15. The summed E-state index contributed by atoms with van der Waals surface area (Å²) < 4.78 is 10.6. The summed E-state index contributed by atoms with van der Waals surface area (Å²) in [6, 6.07) is 11.0. The predicted octanol–water partition coefficient (Wildman–Crippen LogP) is 2.58. The lowest BCUT2D eigenvalue weighted by molar-refractivity contribution is -0.121. The first-order valence-electron chi connectivity index (χ1n) is 8.96. The van der Waals surface area contributed by atoms with Crippen LogP contribution in [0.1, 0.15) is 16.8 Å². The van der Waals surface area contributed by atoms with Crippen molar-refractivity contribution < 1.29 is 29.0 Å². The molecule has 2 aliphatic rings. The van der Waals surface area contributed by atoms with Crippen LogP contribution in [0, 0.1) is 0 Å². The average Bonchev–Trinajstić information content (AvgIpc) is 3.31. The summed E-state index contributed by atoms with van der Waals surface area (Å²) in [7, 11) is 1.59. The third-order valence-electron chi connectivity index (χ3n) is 4.56. The van der Waals surface area contributed by atoms with E-state index < -0.39 is 11.2 Å². The molecule has 4 rings (SSSR count). The summed E-state index contributed by atoms with van der Waals surface area (Å²) in [6.07, 6.45) is 0.0199. The normalized spacial score (nSPS) is 18.1. The molecule has 0 radical (unpaired) electrons. The van der Waals surface area contributed by atoms with E-state index in [0.29, 0.717) is 28.0 Å². The highest BCUT2D eigenvalue weighted by atomic mass is 32.2. The lowest BCUT2D eigenvalue weighted by Crippen LogP contribution is -2.31. The number of carbonyl (C=O) groups excluding carboxylic acids is 2. The Labute approximate surface area is 175 Å². The van der Waals surface area contributed by atoms with Crippen molar-refractivity contribution in [2.24, 2.45) is 4.99 Å². The van der Waals surface area contributed by atoms with Gasteiger partial charge in [0.05, 0.1) is 11.3 Å². The number of benzene rings is 2. The second kappa shape index (κ2) is 8.07.